The number of carbonyl (C=O) groups is 12. The number of rotatable bonds is 44. The summed E-state index contributed by atoms with van der Waals surface area (Å²) in [5.74, 6) is -4.07. The second-order valence-electron chi connectivity index (χ2n) is 30.7. The van der Waals surface area contributed by atoms with Gasteiger partial charge in [0.1, 0.15) is 63.9 Å². The molecule has 0 aliphatic carbocycles. The van der Waals surface area contributed by atoms with Crippen LogP contribution in [0.4, 0.5) is 0 Å². The lowest BCUT2D eigenvalue weighted by Crippen LogP contribution is -2.54. The Morgan fingerprint density at radius 2 is 0.855 bits per heavy atom. The van der Waals surface area contributed by atoms with E-state index in [0.717, 1.165) is 89.3 Å². The first-order chi connectivity index (χ1) is 63.2. The van der Waals surface area contributed by atoms with Crippen molar-refractivity contribution >= 4 is 128 Å². The second-order valence-corrected chi connectivity index (χ2v) is 34.0. The number of nitrogens with zero attached hydrogens (tertiary/aromatic N) is 10. The molecule has 2 unspecified atom stereocenters. The summed E-state index contributed by atoms with van der Waals surface area (Å²) in [6.45, 7) is 20.5. The van der Waals surface area contributed by atoms with Gasteiger partial charge in [-0.3, -0.25) is 97.1 Å². The van der Waals surface area contributed by atoms with Gasteiger partial charge in [0, 0.05) is 87.6 Å². The number of benzene rings is 4. The number of Topliss-reactive ketones (excluding diaryl/α,β-unsaturated/α-hetero) is 1. The monoisotopic (exact) mass is 1880 g/mol. The van der Waals surface area contributed by atoms with Gasteiger partial charge in [0.25, 0.3) is 29.5 Å². The van der Waals surface area contributed by atoms with Crippen LogP contribution >= 0.6 is 45.9 Å². The first kappa shape index (κ1) is 98.4. The second kappa shape index (κ2) is 47.5. The number of aliphatic carboxylic acids is 1. The van der Waals surface area contributed by atoms with Gasteiger partial charge in [-0.1, -0.05) is 66.5 Å². The zero-order valence-electron chi connectivity index (χ0n) is 73.4. The van der Waals surface area contributed by atoms with E-state index < -0.39 is 89.9 Å². The summed E-state index contributed by atoms with van der Waals surface area (Å²) in [6, 6.07) is 20.6. The highest BCUT2D eigenvalue weighted by Crippen LogP contribution is 2.43. The van der Waals surface area contributed by atoms with E-state index in [1.807, 2.05) is 71.5 Å². The minimum absolute atomic E-state index is 0.00246. The van der Waals surface area contributed by atoms with Crippen LogP contribution in [0.2, 0.25) is 10.0 Å². The third-order valence-electron chi connectivity index (χ3n) is 21.5. The van der Waals surface area contributed by atoms with Gasteiger partial charge in [-0.15, -0.1) is 43.1 Å². The highest BCUT2D eigenvalue weighted by Gasteiger charge is 2.48. The minimum atomic E-state index is -1.11. The molecule has 14 rings (SSSR count). The number of carboxylic acid groups (broad SMARTS) is 1. The molecule has 0 spiro atoms. The quantitative estimate of drug-likeness (QED) is 0.0176. The van der Waals surface area contributed by atoms with Crippen molar-refractivity contribution in [2.45, 2.75) is 130 Å². The third kappa shape index (κ3) is 25.0. The Hall–Kier alpha value is -11.6. The van der Waals surface area contributed by atoms with Crippen molar-refractivity contribution < 1.29 is 110 Å². The average molecular weight is 1880 g/mol. The zero-order chi connectivity index (χ0) is 93.4. The molecule has 2 saturated heterocycles. The Bertz CT molecular complexity index is 5600. The summed E-state index contributed by atoms with van der Waals surface area (Å²) in [7, 11) is 0. The average Bonchev–Trinajstić information content (AvgIpc) is 1.59. The molecule has 6 aliphatic heterocycles. The fraction of sp³-hybridized carbons (Fsp3) is 0.444. The molecule has 4 aromatic carbocycles. The van der Waals surface area contributed by atoms with Gasteiger partial charge in [-0.05, 0) is 127 Å². The lowest BCUT2D eigenvalue weighted by Gasteiger charge is -2.27. The van der Waals surface area contributed by atoms with Crippen molar-refractivity contribution in [3.8, 4) is 21.5 Å². The molecule has 6 aliphatic rings. The van der Waals surface area contributed by atoms with Gasteiger partial charge in [0.05, 0.1) is 139 Å². The van der Waals surface area contributed by atoms with E-state index in [1.54, 1.807) is 28.7 Å². The molecule has 8 aromatic rings. The highest BCUT2D eigenvalue weighted by atomic mass is 35.5. The van der Waals surface area contributed by atoms with Gasteiger partial charge >= 0.3 is 5.97 Å². The molecule has 4 aromatic heterocycles. The largest absolute Gasteiger partial charge is 0.485 e. The van der Waals surface area contributed by atoms with Gasteiger partial charge < -0.3 is 63.1 Å². The number of aliphatic imine (C=N–C) groups is 2. The molecule has 10 amide bonds. The van der Waals surface area contributed by atoms with Crippen molar-refractivity contribution in [1.29, 1.82) is 0 Å². The minimum Gasteiger partial charge on any atom is -0.485 e. The zero-order valence-corrected chi connectivity index (χ0v) is 76.5. The molecule has 4 atom stereocenters. The van der Waals surface area contributed by atoms with Crippen LogP contribution in [0.5, 0.6) is 11.5 Å². The molecule has 696 valence electrons. The normalized spacial score (nSPS) is 16.6. The highest BCUT2D eigenvalue weighted by molar-refractivity contribution is 7.15. The molecule has 2 fully saturated rings. The Morgan fingerprint density at radius 3 is 1.27 bits per heavy atom. The number of hydrogen-bond acceptors (Lipinski definition) is 30. The SMILES string of the molecule is CCCOCCOCCOCCOCCCC(=O)COc1cccc2c1C(=O)N(C1CCC(=O)NC1=O)C2=O.Cc1sc2c(c1C)C(c1ccc(Cl)cc1)=N[C@@H](CC(=O)NCCOCCOCCOCCOCCNC(=O)COc1cccc3c1C(=O)N(C1CCC(=O)NC1=O)C3=O)c1nnc(C)n1-2.Cc1sc2c(c1C)C(c1ccc(Cl)cc1)=N[C@@H](CC(=O)O)c1nnc(C)n1-2. The number of halogens is 2. The number of imide groups is 4. The number of ketones is 1. The van der Waals surface area contributed by atoms with Crippen molar-refractivity contribution in [2.75, 3.05) is 132 Å². The van der Waals surface area contributed by atoms with Crippen LogP contribution in [0.25, 0.3) is 10.0 Å². The van der Waals surface area contributed by atoms with Gasteiger partial charge in [0.15, 0.2) is 24.0 Å². The fourth-order valence-corrected chi connectivity index (χ4v) is 17.6. The van der Waals surface area contributed by atoms with Crippen LogP contribution in [0.15, 0.2) is 94.9 Å². The van der Waals surface area contributed by atoms with E-state index in [0.29, 0.717) is 127 Å². The van der Waals surface area contributed by atoms with E-state index in [1.165, 1.54) is 40.1 Å². The molecule has 41 heteroatoms. The molecule has 131 heavy (non-hydrogen) atoms. The lowest BCUT2D eigenvalue weighted by molar-refractivity contribution is -0.138. The molecule has 0 bridgehead atoms. The maximum atomic E-state index is 13.2. The van der Waals surface area contributed by atoms with Gasteiger partial charge in [-0.2, -0.15) is 0 Å². The number of thiophene rings is 2. The number of carbonyl (C=O) groups excluding carboxylic acids is 11. The fourth-order valence-electron chi connectivity index (χ4n) is 14.9. The number of ether oxygens (including phenoxy) is 10. The van der Waals surface area contributed by atoms with Crippen LogP contribution in [0.3, 0.4) is 0 Å². The maximum absolute atomic E-state index is 13.2. The Morgan fingerprint density at radius 1 is 0.466 bits per heavy atom. The molecule has 0 radical (unpaired) electrons. The van der Waals surface area contributed by atoms with E-state index in [2.05, 4.69) is 76.3 Å². The number of nitrogens with one attached hydrogen (secondary N) is 4. The Balaban J connectivity index is 0.000000198. The predicted molar refractivity (Wildman–Crippen MR) is 478 cm³/mol. The van der Waals surface area contributed by atoms with Crippen LogP contribution < -0.4 is 30.7 Å². The van der Waals surface area contributed by atoms with E-state index in [4.69, 9.17) is 80.6 Å². The number of amides is 10. The first-order valence-corrected chi connectivity index (χ1v) is 45.2. The van der Waals surface area contributed by atoms with Crippen molar-refractivity contribution in [3.63, 3.8) is 0 Å². The number of carboxylic acids is 1. The van der Waals surface area contributed by atoms with Crippen LogP contribution in [0.1, 0.15) is 185 Å². The predicted octanol–water partition coefficient (Wildman–Crippen LogP) is 8.54. The summed E-state index contributed by atoms with van der Waals surface area (Å²) in [5, 5.41) is 39.8. The van der Waals surface area contributed by atoms with Crippen molar-refractivity contribution in [2.24, 2.45) is 9.98 Å². The Kier molecular flexibility index (Phi) is 35.7. The number of aromatic nitrogens is 6. The Labute approximate surface area is 771 Å². The van der Waals surface area contributed by atoms with E-state index in [9.17, 15) is 62.6 Å². The smallest absolute Gasteiger partial charge is 0.306 e. The van der Waals surface area contributed by atoms with Crippen molar-refractivity contribution in [1.82, 2.24) is 60.6 Å². The molecule has 0 saturated carbocycles. The molecule has 37 nitrogen and oxygen atoms in total. The molecular formula is C90H102Cl2N14O23S2. The topological polar surface area (TPSA) is 458 Å². The van der Waals surface area contributed by atoms with Crippen LogP contribution in [-0.2, 0) is 76.3 Å². The summed E-state index contributed by atoms with van der Waals surface area (Å²) in [4.78, 5) is 163. The standard InChI is InChI=1S/C44H49ClN8O11S.C27H36N2O10.C19H17ClN4O2S/c1-25-26(2)65-44-37(25)39(28-7-9-29(45)10-8-28)48-31(40-51-50-27(3)52(40)44)23-35(55)46-13-15-60-17-19-62-21-22-63-20-18-61-16-14-47-36(56)24-64-33-6-4-5-30-38(33)43(59)53(42(30)58)32-11-12-34(54)49-41(32)57;1-2-10-35-12-14-37-16-17-38-15-13-36-11-4-5-19(30)18-39-22-7-3-6-20-24(22)27(34)29(26(20)33)21-8-9-23(31)28-25(21)32;1-9-10(2)27-19-16(9)17(12-4-6-13(20)7-5-12)21-14(8-15(25)26)18-23-22-11(3)24(18)19/h4-10,31-32H,11-24H2,1-3H3,(H,46,55)(H,47,56)(H,49,54,57);3,6-7,21H,2,4-5,8-18H2,1H3,(H,28,31,32);4-7,14H,8H2,1-3H3,(H,25,26)/t31-,32?;;14-/m0.0/s1. The first-order valence-electron chi connectivity index (χ1n) is 42.8. The summed E-state index contributed by atoms with van der Waals surface area (Å²) >= 11 is 15.6. The molecule has 10 heterocycles. The number of piperidine rings is 2. The van der Waals surface area contributed by atoms with Gasteiger partial charge in [-0.25, -0.2) is 0 Å². The summed E-state index contributed by atoms with van der Waals surface area (Å²) in [6.07, 6.45) is 1.75. The van der Waals surface area contributed by atoms with Crippen LogP contribution in [-0.4, -0.2) is 271 Å². The molecular weight excluding hydrogens is 1780 g/mol. The van der Waals surface area contributed by atoms with E-state index in [-0.39, 0.29) is 110 Å². The summed E-state index contributed by atoms with van der Waals surface area (Å²) < 4.78 is 58.9. The van der Waals surface area contributed by atoms with Crippen LogP contribution in [0, 0.1) is 41.5 Å². The maximum Gasteiger partial charge on any atom is 0.306 e. The number of hydrogen-bond donors (Lipinski definition) is 5. The number of aryl methyl sites for hydroxylation is 4. The van der Waals surface area contributed by atoms with E-state index >= 15 is 0 Å². The third-order valence-corrected chi connectivity index (χ3v) is 24.4. The van der Waals surface area contributed by atoms with Gasteiger partial charge in [0.2, 0.25) is 29.5 Å². The summed E-state index contributed by atoms with van der Waals surface area (Å²) in [5.41, 5.74) is 7.71. The molecule has 5 N–H and O–H groups in total. The van der Waals surface area contributed by atoms with Crippen molar-refractivity contribution in [3.05, 3.63) is 184 Å². The number of fused-ring (bicyclic) bond motifs is 8. The lowest BCUT2D eigenvalue weighted by atomic mass is 9.99.